The lowest BCUT2D eigenvalue weighted by Gasteiger charge is -2.20. The van der Waals surface area contributed by atoms with Gasteiger partial charge in [-0.15, -0.1) is 0 Å². The summed E-state index contributed by atoms with van der Waals surface area (Å²) in [6.07, 6.45) is 3.76. The third kappa shape index (κ3) is 5.30. The number of urea groups is 1. The highest BCUT2D eigenvalue weighted by molar-refractivity contribution is 5.73. The molecule has 0 aliphatic carbocycles. The van der Waals surface area contributed by atoms with Crippen molar-refractivity contribution in [2.24, 2.45) is 0 Å². The lowest BCUT2D eigenvalue weighted by atomic mass is 9.99. The van der Waals surface area contributed by atoms with E-state index in [0.29, 0.717) is 19.0 Å². The van der Waals surface area contributed by atoms with Gasteiger partial charge >= 0.3 is 6.03 Å². The Balaban J connectivity index is 1.33. The molecule has 5 heteroatoms. The van der Waals surface area contributed by atoms with Crippen molar-refractivity contribution >= 4 is 6.03 Å². The van der Waals surface area contributed by atoms with Crippen LogP contribution in [0.2, 0.25) is 0 Å². The predicted octanol–water partition coefficient (Wildman–Crippen LogP) is 2.76. The first-order valence-electron chi connectivity index (χ1n) is 9.38. The summed E-state index contributed by atoms with van der Waals surface area (Å²) in [5.74, 6) is 0.618. The Labute approximate surface area is 156 Å². The van der Waals surface area contributed by atoms with Gasteiger partial charge in [0, 0.05) is 51.5 Å². The number of nitrogens with one attached hydrogen (secondary N) is 1. The third-order valence-corrected chi connectivity index (χ3v) is 5.02. The number of rotatable bonds is 7. The van der Waals surface area contributed by atoms with E-state index in [1.54, 1.807) is 11.1 Å². The summed E-state index contributed by atoms with van der Waals surface area (Å²) in [7, 11) is 1.83. The smallest absolute Gasteiger partial charge is 0.317 e. The van der Waals surface area contributed by atoms with E-state index in [-0.39, 0.29) is 6.03 Å². The fourth-order valence-electron chi connectivity index (χ4n) is 3.42. The highest BCUT2D eigenvalue weighted by Crippen LogP contribution is 2.26. The second-order valence-electron chi connectivity index (χ2n) is 6.92. The summed E-state index contributed by atoms with van der Waals surface area (Å²) in [5.41, 5.74) is 2.43. The van der Waals surface area contributed by atoms with Crippen molar-refractivity contribution < 1.29 is 4.79 Å². The van der Waals surface area contributed by atoms with Gasteiger partial charge in [0.25, 0.3) is 0 Å². The first kappa shape index (κ1) is 18.4. The lowest BCUT2D eigenvalue weighted by Crippen LogP contribution is -2.41. The van der Waals surface area contributed by atoms with Crippen LogP contribution in [0.4, 0.5) is 4.79 Å². The summed E-state index contributed by atoms with van der Waals surface area (Å²) >= 11 is 0. The standard InChI is InChI=1S/C21H28N4O/c1-24(14-11-20-9-5-6-12-22-20)21(26)23-13-16-25-15-10-19(17-25)18-7-3-2-4-8-18/h2-9,12,19H,10-11,13-17H2,1H3,(H,23,26)/t19-/m1/s1. The van der Waals surface area contributed by atoms with Crippen molar-refractivity contribution in [3.8, 4) is 0 Å². The van der Waals surface area contributed by atoms with Gasteiger partial charge in [0.05, 0.1) is 0 Å². The van der Waals surface area contributed by atoms with Crippen LogP contribution in [0, 0.1) is 0 Å². The summed E-state index contributed by atoms with van der Waals surface area (Å²) in [4.78, 5) is 20.7. The molecule has 1 N–H and O–H groups in total. The molecule has 1 fully saturated rings. The lowest BCUT2D eigenvalue weighted by molar-refractivity contribution is 0.207. The number of likely N-dealkylation sites (N-methyl/N-ethyl adjacent to an activating group) is 1. The number of benzene rings is 1. The minimum absolute atomic E-state index is 0.0141. The van der Waals surface area contributed by atoms with Crippen molar-refractivity contribution in [2.45, 2.75) is 18.8 Å². The van der Waals surface area contributed by atoms with Gasteiger partial charge in [0.2, 0.25) is 0 Å². The van der Waals surface area contributed by atoms with Crippen LogP contribution in [0.5, 0.6) is 0 Å². The zero-order valence-corrected chi connectivity index (χ0v) is 15.5. The molecule has 0 unspecified atom stereocenters. The highest BCUT2D eigenvalue weighted by atomic mass is 16.2. The number of likely N-dealkylation sites (tertiary alicyclic amines) is 1. The normalized spacial score (nSPS) is 17.2. The van der Waals surface area contributed by atoms with Crippen molar-refractivity contribution in [1.29, 1.82) is 0 Å². The zero-order chi connectivity index (χ0) is 18.2. The number of hydrogen-bond donors (Lipinski definition) is 1. The topological polar surface area (TPSA) is 48.5 Å². The molecule has 1 aromatic carbocycles. The SMILES string of the molecule is CN(CCc1ccccn1)C(=O)NCCN1CC[C@@H](c2ccccc2)C1. The number of pyridine rings is 1. The fourth-order valence-corrected chi connectivity index (χ4v) is 3.42. The van der Waals surface area contributed by atoms with Crippen LogP contribution in [0.3, 0.4) is 0 Å². The quantitative estimate of drug-likeness (QED) is 0.834. The maximum atomic E-state index is 12.2. The minimum Gasteiger partial charge on any atom is -0.337 e. The van der Waals surface area contributed by atoms with Crippen LogP contribution in [0.25, 0.3) is 0 Å². The van der Waals surface area contributed by atoms with E-state index in [0.717, 1.165) is 31.7 Å². The molecule has 26 heavy (non-hydrogen) atoms. The van der Waals surface area contributed by atoms with Crippen molar-refractivity contribution in [2.75, 3.05) is 39.8 Å². The molecule has 0 radical (unpaired) electrons. The van der Waals surface area contributed by atoms with Gasteiger partial charge in [0.15, 0.2) is 0 Å². The van der Waals surface area contributed by atoms with Crippen LogP contribution < -0.4 is 5.32 Å². The van der Waals surface area contributed by atoms with E-state index in [1.165, 1.54) is 12.0 Å². The summed E-state index contributed by atoms with van der Waals surface area (Å²) < 4.78 is 0. The van der Waals surface area contributed by atoms with Crippen LogP contribution in [0.15, 0.2) is 54.7 Å². The van der Waals surface area contributed by atoms with Crippen LogP contribution in [-0.4, -0.2) is 60.6 Å². The largest absolute Gasteiger partial charge is 0.337 e. The van der Waals surface area contributed by atoms with Crippen LogP contribution in [0.1, 0.15) is 23.6 Å². The number of amides is 2. The molecule has 1 aromatic heterocycles. The Kier molecular flexibility index (Phi) is 6.61. The van der Waals surface area contributed by atoms with E-state index in [4.69, 9.17) is 0 Å². The number of hydrogen-bond acceptors (Lipinski definition) is 3. The van der Waals surface area contributed by atoms with Crippen molar-refractivity contribution in [1.82, 2.24) is 20.1 Å². The van der Waals surface area contributed by atoms with Crippen molar-refractivity contribution in [3.63, 3.8) is 0 Å². The van der Waals surface area contributed by atoms with Crippen LogP contribution >= 0.6 is 0 Å². The maximum Gasteiger partial charge on any atom is 0.317 e. The fraction of sp³-hybridized carbons (Fsp3) is 0.429. The first-order chi connectivity index (χ1) is 12.7. The molecule has 1 aliphatic rings. The molecule has 138 valence electrons. The molecule has 1 atom stereocenters. The molecular formula is C21H28N4O. The Morgan fingerprint density at radius 2 is 2.04 bits per heavy atom. The van der Waals surface area contributed by atoms with E-state index in [9.17, 15) is 4.79 Å². The second kappa shape index (κ2) is 9.34. The molecule has 2 heterocycles. The van der Waals surface area contributed by atoms with Gasteiger partial charge in [-0.05, 0) is 36.6 Å². The first-order valence-corrected chi connectivity index (χ1v) is 9.38. The Bertz CT molecular complexity index is 677. The molecule has 0 spiro atoms. The highest BCUT2D eigenvalue weighted by Gasteiger charge is 2.23. The Morgan fingerprint density at radius 3 is 2.81 bits per heavy atom. The van der Waals surface area contributed by atoms with Gasteiger partial charge < -0.3 is 15.1 Å². The molecule has 2 amide bonds. The maximum absolute atomic E-state index is 12.2. The molecule has 1 aliphatic heterocycles. The van der Waals surface area contributed by atoms with Gasteiger partial charge in [0.1, 0.15) is 0 Å². The average molecular weight is 352 g/mol. The molecule has 0 saturated carbocycles. The number of carbonyl (C=O) groups excluding carboxylic acids is 1. The summed E-state index contributed by atoms with van der Waals surface area (Å²) in [6.45, 7) is 4.44. The summed E-state index contributed by atoms with van der Waals surface area (Å²) in [5, 5.41) is 3.03. The number of aromatic nitrogens is 1. The minimum atomic E-state index is -0.0141. The van der Waals surface area contributed by atoms with E-state index in [1.807, 2.05) is 25.2 Å². The van der Waals surface area contributed by atoms with Crippen LogP contribution in [-0.2, 0) is 6.42 Å². The van der Waals surface area contributed by atoms with E-state index < -0.39 is 0 Å². The average Bonchev–Trinajstić information content (AvgIpc) is 3.16. The van der Waals surface area contributed by atoms with Crippen molar-refractivity contribution in [3.05, 3.63) is 66.0 Å². The van der Waals surface area contributed by atoms with Gasteiger partial charge in [-0.2, -0.15) is 0 Å². The Morgan fingerprint density at radius 1 is 1.23 bits per heavy atom. The number of nitrogens with zero attached hydrogens (tertiary/aromatic N) is 3. The van der Waals surface area contributed by atoms with Gasteiger partial charge in [-0.3, -0.25) is 4.98 Å². The summed E-state index contributed by atoms with van der Waals surface area (Å²) in [6, 6.07) is 16.6. The zero-order valence-electron chi connectivity index (χ0n) is 15.5. The van der Waals surface area contributed by atoms with E-state index in [2.05, 4.69) is 45.5 Å². The number of carbonyl (C=O) groups is 1. The molecule has 3 rings (SSSR count). The molecule has 5 nitrogen and oxygen atoms in total. The molecule has 2 aromatic rings. The second-order valence-corrected chi connectivity index (χ2v) is 6.92. The molecule has 1 saturated heterocycles. The van der Waals surface area contributed by atoms with Gasteiger partial charge in [-0.1, -0.05) is 36.4 Å². The molecular weight excluding hydrogens is 324 g/mol. The predicted molar refractivity (Wildman–Crippen MR) is 104 cm³/mol. The third-order valence-electron chi connectivity index (χ3n) is 5.02. The Hall–Kier alpha value is -2.40. The van der Waals surface area contributed by atoms with Gasteiger partial charge in [-0.25, -0.2) is 4.79 Å². The van der Waals surface area contributed by atoms with E-state index >= 15 is 0 Å². The monoisotopic (exact) mass is 352 g/mol. The molecule has 0 bridgehead atoms.